The normalized spacial score (nSPS) is 12.9. The molecule has 0 radical (unpaired) electrons. The Morgan fingerprint density at radius 1 is 1.35 bits per heavy atom. The fourth-order valence-corrected chi connectivity index (χ4v) is 2.71. The van der Waals surface area contributed by atoms with Crippen LogP contribution in [0.2, 0.25) is 0 Å². The molecule has 0 saturated carbocycles. The van der Waals surface area contributed by atoms with Crippen molar-refractivity contribution < 1.29 is 9.52 Å². The maximum absolute atomic E-state index is 9.39. The Bertz CT molecular complexity index is 679. The molecule has 0 aliphatic heterocycles. The zero-order chi connectivity index (χ0) is 13.9. The number of aromatic amines is 1. The molecule has 1 unspecified atom stereocenters. The smallest absolute Gasteiger partial charge is 0.277 e. The van der Waals surface area contributed by atoms with Gasteiger partial charge >= 0.3 is 0 Å². The van der Waals surface area contributed by atoms with Crippen LogP contribution < -0.4 is 0 Å². The molecule has 1 atom stereocenters. The van der Waals surface area contributed by atoms with E-state index in [0.717, 1.165) is 16.6 Å². The molecule has 2 aromatic heterocycles. The fourth-order valence-electron chi connectivity index (χ4n) is 1.78. The lowest BCUT2D eigenvalue weighted by atomic mass is 10.2. The lowest BCUT2D eigenvalue weighted by molar-refractivity contribution is 0.223. The molecule has 104 valence electrons. The highest BCUT2D eigenvalue weighted by Crippen LogP contribution is 2.26. The van der Waals surface area contributed by atoms with Crippen LogP contribution in [-0.4, -0.2) is 38.0 Å². The number of nitrogens with zero attached hydrogens (tertiary/aromatic N) is 2. The first-order chi connectivity index (χ1) is 9.76. The number of rotatable bonds is 5. The number of fused-ring (bicyclic) bond motifs is 1. The monoisotopic (exact) mass is 309 g/mol. The number of aliphatic hydroxyl groups is 1. The summed E-state index contributed by atoms with van der Waals surface area (Å²) in [6, 6.07) is 9.90. The highest BCUT2D eigenvalue weighted by molar-refractivity contribution is 7.99. The molecule has 3 aromatic rings. The summed E-state index contributed by atoms with van der Waals surface area (Å²) in [6.07, 6.45) is -0.579. The van der Waals surface area contributed by atoms with Crippen molar-refractivity contribution >= 4 is 34.3 Å². The van der Waals surface area contributed by atoms with Crippen LogP contribution in [0.4, 0.5) is 0 Å². The van der Waals surface area contributed by atoms with Crippen LogP contribution in [-0.2, 0) is 0 Å². The van der Waals surface area contributed by atoms with Crippen molar-refractivity contribution in [3.63, 3.8) is 0 Å². The molecule has 0 bridgehead atoms. The number of H-pyrrole nitrogens is 1. The molecule has 0 fully saturated rings. The van der Waals surface area contributed by atoms with Crippen molar-refractivity contribution in [1.29, 1.82) is 0 Å². The van der Waals surface area contributed by atoms with Crippen molar-refractivity contribution in [2.75, 3.05) is 11.6 Å². The first-order valence-corrected chi connectivity index (χ1v) is 7.57. The Kier molecular flexibility index (Phi) is 3.95. The minimum absolute atomic E-state index is 0.190. The average molecular weight is 310 g/mol. The quantitative estimate of drug-likeness (QED) is 0.560. The molecule has 1 aromatic carbocycles. The van der Waals surface area contributed by atoms with Gasteiger partial charge in [-0.3, -0.25) is 0 Å². The third-order valence-corrected chi connectivity index (χ3v) is 4.06. The Labute approximate surface area is 124 Å². The van der Waals surface area contributed by atoms with Gasteiger partial charge in [-0.15, -0.1) is 21.8 Å². The van der Waals surface area contributed by atoms with E-state index in [2.05, 4.69) is 15.2 Å². The van der Waals surface area contributed by atoms with Gasteiger partial charge < -0.3 is 14.5 Å². The van der Waals surface area contributed by atoms with Crippen molar-refractivity contribution in [3.05, 3.63) is 30.3 Å². The summed E-state index contributed by atoms with van der Waals surface area (Å²) in [4.78, 5) is 3.23. The van der Waals surface area contributed by atoms with Gasteiger partial charge in [-0.05, 0) is 12.1 Å². The molecule has 5 nitrogen and oxygen atoms in total. The van der Waals surface area contributed by atoms with Gasteiger partial charge in [0.25, 0.3) is 11.1 Å². The van der Waals surface area contributed by atoms with Gasteiger partial charge in [0.1, 0.15) is 5.69 Å². The summed E-state index contributed by atoms with van der Waals surface area (Å²) in [6.45, 7) is 0. The van der Waals surface area contributed by atoms with E-state index in [1.165, 1.54) is 11.8 Å². The van der Waals surface area contributed by atoms with E-state index < -0.39 is 6.10 Å². The van der Waals surface area contributed by atoms with Crippen LogP contribution in [0.1, 0.15) is 0 Å². The second-order valence-electron chi connectivity index (χ2n) is 4.26. The SMILES string of the molecule is OC(CCl)CSc1nnc(-c2cc3ccccc3[nH]2)o1. The number of para-hydroxylation sites is 1. The van der Waals surface area contributed by atoms with Crippen molar-refractivity contribution in [2.45, 2.75) is 11.3 Å². The minimum Gasteiger partial charge on any atom is -0.410 e. The summed E-state index contributed by atoms with van der Waals surface area (Å²) in [5.41, 5.74) is 1.80. The summed E-state index contributed by atoms with van der Waals surface area (Å²) < 4.78 is 5.55. The van der Waals surface area contributed by atoms with Gasteiger partial charge in [-0.2, -0.15) is 0 Å². The zero-order valence-corrected chi connectivity index (χ0v) is 12.0. The van der Waals surface area contributed by atoms with Crippen LogP contribution in [0, 0.1) is 0 Å². The third kappa shape index (κ3) is 2.82. The zero-order valence-electron chi connectivity index (χ0n) is 10.4. The van der Waals surface area contributed by atoms with Crippen LogP contribution in [0.3, 0.4) is 0 Å². The maximum atomic E-state index is 9.39. The number of aromatic nitrogens is 3. The lowest BCUT2D eigenvalue weighted by Gasteiger charge is -2.01. The largest absolute Gasteiger partial charge is 0.410 e. The summed E-state index contributed by atoms with van der Waals surface area (Å²) in [7, 11) is 0. The highest BCUT2D eigenvalue weighted by atomic mass is 35.5. The molecule has 2 N–H and O–H groups in total. The molecule has 0 amide bonds. The molecule has 0 spiro atoms. The van der Waals surface area contributed by atoms with Gasteiger partial charge in [0, 0.05) is 22.5 Å². The minimum atomic E-state index is -0.579. The van der Waals surface area contributed by atoms with E-state index in [0.29, 0.717) is 16.9 Å². The summed E-state index contributed by atoms with van der Waals surface area (Å²) in [5, 5.41) is 18.8. The van der Waals surface area contributed by atoms with Crippen LogP contribution in [0.15, 0.2) is 40.0 Å². The third-order valence-electron chi connectivity index (χ3n) is 2.74. The Morgan fingerprint density at radius 3 is 3.00 bits per heavy atom. The van der Waals surface area contributed by atoms with Crippen LogP contribution >= 0.6 is 23.4 Å². The molecule has 0 saturated heterocycles. The van der Waals surface area contributed by atoms with Gasteiger partial charge in [0.2, 0.25) is 0 Å². The molecule has 0 aliphatic carbocycles. The number of nitrogens with one attached hydrogen (secondary N) is 1. The number of halogens is 1. The second kappa shape index (κ2) is 5.87. The predicted molar refractivity (Wildman–Crippen MR) is 79.0 cm³/mol. The number of thioether (sulfide) groups is 1. The maximum Gasteiger partial charge on any atom is 0.277 e. The van der Waals surface area contributed by atoms with E-state index >= 15 is 0 Å². The predicted octanol–water partition coefficient (Wildman–Crippen LogP) is 2.91. The number of hydrogen-bond acceptors (Lipinski definition) is 5. The molecule has 7 heteroatoms. The summed E-state index contributed by atoms with van der Waals surface area (Å²) >= 11 is 6.82. The van der Waals surface area contributed by atoms with Gasteiger partial charge in [-0.25, -0.2) is 0 Å². The second-order valence-corrected chi connectivity index (χ2v) is 5.54. The Morgan fingerprint density at radius 2 is 2.20 bits per heavy atom. The molecule has 3 rings (SSSR count). The van der Waals surface area contributed by atoms with Crippen LogP contribution in [0.5, 0.6) is 0 Å². The van der Waals surface area contributed by atoms with E-state index in [-0.39, 0.29) is 5.88 Å². The standard InChI is InChI=1S/C13H12ClN3O2S/c14-6-9(18)7-20-13-17-16-12(19-13)11-5-8-3-1-2-4-10(8)15-11/h1-5,9,15,18H,6-7H2. The van der Waals surface area contributed by atoms with Gasteiger partial charge in [0.05, 0.1) is 6.10 Å². The van der Waals surface area contributed by atoms with E-state index in [9.17, 15) is 5.11 Å². The van der Waals surface area contributed by atoms with Crippen LogP contribution in [0.25, 0.3) is 22.5 Å². The fraction of sp³-hybridized carbons (Fsp3) is 0.231. The van der Waals surface area contributed by atoms with Crippen molar-refractivity contribution in [2.24, 2.45) is 0 Å². The average Bonchev–Trinajstić information content (AvgIpc) is 3.10. The molecule has 20 heavy (non-hydrogen) atoms. The number of alkyl halides is 1. The summed E-state index contributed by atoms with van der Waals surface area (Å²) in [5.74, 6) is 1.05. The first-order valence-electron chi connectivity index (χ1n) is 6.04. The first kappa shape index (κ1) is 13.5. The topological polar surface area (TPSA) is 74.9 Å². The number of hydrogen-bond donors (Lipinski definition) is 2. The molecular weight excluding hydrogens is 298 g/mol. The van der Waals surface area contributed by atoms with Gasteiger partial charge in [-0.1, -0.05) is 30.0 Å². The van der Waals surface area contributed by atoms with Gasteiger partial charge in [0.15, 0.2) is 0 Å². The molecule has 2 heterocycles. The van der Waals surface area contributed by atoms with E-state index in [1.54, 1.807) is 0 Å². The number of benzene rings is 1. The van der Waals surface area contributed by atoms with E-state index in [1.807, 2.05) is 30.3 Å². The lowest BCUT2D eigenvalue weighted by Crippen LogP contribution is -2.10. The van der Waals surface area contributed by atoms with Crippen molar-refractivity contribution in [1.82, 2.24) is 15.2 Å². The molecule has 0 aliphatic rings. The Balaban J connectivity index is 1.79. The van der Waals surface area contributed by atoms with Crippen molar-refractivity contribution in [3.8, 4) is 11.6 Å². The highest BCUT2D eigenvalue weighted by Gasteiger charge is 2.13. The molecular formula is C13H12ClN3O2S. The number of aliphatic hydroxyl groups excluding tert-OH is 1. The Hall–Kier alpha value is -1.50. The van der Waals surface area contributed by atoms with E-state index in [4.69, 9.17) is 16.0 Å².